The Labute approximate surface area is 153 Å². The Kier molecular flexibility index (Phi) is 5.08. The standard InChI is InChI=1S/C20H22N2O4/c1-23-15-5-6-16-13(9-15)7-8-22(12-21)19(16)14-10-17(24-2)20(26-4)18(11-14)25-3/h5-6,9-11,19H,7-8H2,1-4H3. The van der Waals surface area contributed by atoms with E-state index in [4.69, 9.17) is 18.9 Å². The molecule has 6 nitrogen and oxygen atoms in total. The van der Waals surface area contributed by atoms with Crippen molar-refractivity contribution in [3.05, 3.63) is 47.0 Å². The zero-order valence-electron chi connectivity index (χ0n) is 15.4. The second kappa shape index (κ2) is 7.44. The Morgan fingerprint density at radius 3 is 2.19 bits per heavy atom. The highest BCUT2D eigenvalue weighted by Gasteiger charge is 2.30. The molecule has 0 aliphatic carbocycles. The van der Waals surface area contributed by atoms with Crippen molar-refractivity contribution in [2.45, 2.75) is 12.5 Å². The first-order chi connectivity index (χ1) is 12.7. The summed E-state index contributed by atoms with van der Waals surface area (Å²) in [4.78, 5) is 1.77. The highest BCUT2D eigenvalue weighted by Crippen LogP contribution is 2.44. The monoisotopic (exact) mass is 354 g/mol. The highest BCUT2D eigenvalue weighted by molar-refractivity contribution is 5.56. The molecule has 1 unspecified atom stereocenters. The molecule has 2 aromatic carbocycles. The van der Waals surface area contributed by atoms with Gasteiger partial charge in [-0.2, -0.15) is 5.26 Å². The number of rotatable bonds is 5. The summed E-state index contributed by atoms with van der Waals surface area (Å²) in [5.41, 5.74) is 3.16. The second-order valence-electron chi connectivity index (χ2n) is 5.97. The molecule has 0 aromatic heterocycles. The van der Waals surface area contributed by atoms with Crippen LogP contribution >= 0.6 is 0 Å². The van der Waals surface area contributed by atoms with Crippen LogP contribution in [0.15, 0.2) is 30.3 Å². The largest absolute Gasteiger partial charge is 0.497 e. The molecule has 26 heavy (non-hydrogen) atoms. The molecule has 6 heteroatoms. The van der Waals surface area contributed by atoms with Crippen molar-refractivity contribution in [3.63, 3.8) is 0 Å². The van der Waals surface area contributed by atoms with E-state index < -0.39 is 0 Å². The van der Waals surface area contributed by atoms with E-state index >= 15 is 0 Å². The smallest absolute Gasteiger partial charge is 0.203 e. The van der Waals surface area contributed by atoms with Gasteiger partial charge >= 0.3 is 0 Å². The fourth-order valence-electron chi connectivity index (χ4n) is 3.46. The number of nitriles is 1. The van der Waals surface area contributed by atoms with E-state index in [2.05, 4.69) is 6.19 Å². The van der Waals surface area contributed by atoms with Gasteiger partial charge in [-0.1, -0.05) is 6.07 Å². The topological polar surface area (TPSA) is 64.0 Å². The van der Waals surface area contributed by atoms with Crippen LogP contribution in [0.1, 0.15) is 22.7 Å². The summed E-state index contributed by atoms with van der Waals surface area (Å²) in [5, 5.41) is 9.67. The lowest BCUT2D eigenvalue weighted by Crippen LogP contribution is -2.32. The molecule has 2 aromatic rings. The van der Waals surface area contributed by atoms with Crippen molar-refractivity contribution in [3.8, 4) is 29.2 Å². The molecular formula is C20H22N2O4. The molecule has 0 saturated heterocycles. The zero-order valence-corrected chi connectivity index (χ0v) is 15.4. The Morgan fingerprint density at radius 2 is 1.65 bits per heavy atom. The molecule has 0 fully saturated rings. The number of ether oxygens (including phenoxy) is 4. The predicted molar refractivity (Wildman–Crippen MR) is 97.0 cm³/mol. The van der Waals surface area contributed by atoms with Gasteiger partial charge < -0.3 is 18.9 Å². The summed E-state index contributed by atoms with van der Waals surface area (Å²) in [6.07, 6.45) is 3.11. The molecule has 1 aliphatic heterocycles. The summed E-state index contributed by atoms with van der Waals surface area (Å²) in [5.74, 6) is 2.49. The van der Waals surface area contributed by atoms with Gasteiger partial charge in [0.2, 0.25) is 5.75 Å². The predicted octanol–water partition coefficient (Wildman–Crippen LogP) is 3.15. The molecule has 136 valence electrons. The Balaban J connectivity index is 2.17. The Bertz CT molecular complexity index is 819. The quantitative estimate of drug-likeness (QED) is 0.769. The van der Waals surface area contributed by atoms with Crippen molar-refractivity contribution in [1.29, 1.82) is 5.26 Å². The van der Waals surface area contributed by atoms with Gasteiger partial charge in [0.05, 0.1) is 34.5 Å². The third-order valence-corrected chi connectivity index (χ3v) is 4.71. The van der Waals surface area contributed by atoms with Gasteiger partial charge in [-0.05, 0) is 47.4 Å². The molecule has 0 radical (unpaired) electrons. The summed E-state index contributed by atoms with van der Waals surface area (Å²) in [6.45, 7) is 0.637. The maximum absolute atomic E-state index is 9.67. The van der Waals surface area contributed by atoms with Crippen LogP contribution in [0.25, 0.3) is 0 Å². The second-order valence-corrected chi connectivity index (χ2v) is 5.97. The van der Waals surface area contributed by atoms with Crippen molar-refractivity contribution < 1.29 is 18.9 Å². The van der Waals surface area contributed by atoms with Gasteiger partial charge in [-0.25, -0.2) is 0 Å². The first-order valence-corrected chi connectivity index (χ1v) is 8.29. The molecule has 0 amide bonds. The third-order valence-electron chi connectivity index (χ3n) is 4.71. The molecular weight excluding hydrogens is 332 g/mol. The first-order valence-electron chi connectivity index (χ1n) is 8.29. The molecule has 0 N–H and O–H groups in total. The molecule has 3 rings (SSSR count). The van der Waals surface area contributed by atoms with E-state index in [9.17, 15) is 5.26 Å². The Morgan fingerprint density at radius 1 is 0.962 bits per heavy atom. The first kappa shape index (κ1) is 17.7. The summed E-state index contributed by atoms with van der Waals surface area (Å²) in [6, 6.07) is 9.56. The summed E-state index contributed by atoms with van der Waals surface area (Å²) < 4.78 is 21.7. The average molecular weight is 354 g/mol. The molecule has 0 saturated carbocycles. The van der Waals surface area contributed by atoms with Crippen LogP contribution in [0.5, 0.6) is 23.0 Å². The summed E-state index contributed by atoms with van der Waals surface area (Å²) >= 11 is 0. The van der Waals surface area contributed by atoms with E-state index in [1.807, 2.05) is 30.3 Å². The maximum atomic E-state index is 9.67. The van der Waals surface area contributed by atoms with E-state index in [-0.39, 0.29) is 6.04 Å². The highest BCUT2D eigenvalue weighted by atomic mass is 16.5. The fraction of sp³-hybridized carbons (Fsp3) is 0.350. The maximum Gasteiger partial charge on any atom is 0.203 e. The minimum atomic E-state index is -0.219. The fourth-order valence-corrected chi connectivity index (χ4v) is 3.46. The van der Waals surface area contributed by atoms with E-state index in [0.29, 0.717) is 23.8 Å². The van der Waals surface area contributed by atoms with Gasteiger partial charge in [-0.3, -0.25) is 4.90 Å². The van der Waals surface area contributed by atoms with E-state index in [1.54, 1.807) is 33.3 Å². The molecule has 0 bridgehead atoms. The lowest BCUT2D eigenvalue weighted by molar-refractivity contribution is 0.304. The van der Waals surface area contributed by atoms with Crippen molar-refractivity contribution in [1.82, 2.24) is 4.90 Å². The van der Waals surface area contributed by atoms with Gasteiger partial charge in [0, 0.05) is 6.54 Å². The molecule has 1 atom stereocenters. The van der Waals surface area contributed by atoms with E-state index in [1.165, 1.54) is 5.56 Å². The van der Waals surface area contributed by atoms with Crippen LogP contribution in [0.4, 0.5) is 0 Å². The van der Waals surface area contributed by atoms with Crippen molar-refractivity contribution in [2.24, 2.45) is 0 Å². The molecule has 0 spiro atoms. The number of hydrogen-bond acceptors (Lipinski definition) is 6. The Hall–Kier alpha value is -3.07. The van der Waals surface area contributed by atoms with Crippen molar-refractivity contribution >= 4 is 0 Å². The van der Waals surface area contributed by atoms with Crippen molar-refractivity contribution in [2.75, 3.05) is 35.0 Å². The van der Waals surface area contributed by atoms with Gasteiger partial charge in [-0.15, -0.1) is 0 Å². The number of fused-ring (bicyclic) bond motifs is 1. The van der Waals surface area contributed by atoms with Crippen LogP contribution in [0, 0.1) is 11.5 Å². The van der Waals surface area contributed by atoms with Crippen LogP contribution in [-0.2, 0) is 6.42 Å². The lowest BCUT2D eigenvalue weighted by Gasteiger charge is -2.34. The average Bonchev–Trinajstić information content (AvgIpc) is 2.70. The SMILES string of the molecule is COc1ccc2c(c1)CCN(C#N)C2c1cc(OC)c(OC)c(OC)c1. The number of hydrogen-bond donors (Lipinski definition) is 0. The van der Waals surface area contributed by atoms with Crippen LogP contribution in [-0.4, -0.2) is 39.9 Å². The number of benzene rings is 2. The lowest BCUT2D eigenvalue weighted by atomic mass is 9.88. The summed E-state index contributed by atoms with van der Waals surface area (Å²) in [7, 11) is 6.40. The molecule has 1 aliphatic rings. The number of nitrogens with zero attached hydrogens (tertiary/aromatic N) is 2. The van der Waals surface area contributed by atoms with Crippen LogP contribution in [0.2, 0.25) is 0 Å². The van der Waals surface area contributed by atoms with Crippen LogP contribution in [0.3, 0.4) is 0 Å². The third kappa shape index (κ3) is 2.97. The van der Waals surface area contributed by atoms with Gasteiger partial charge in [0.25, 0.3) is 0 Å². The van der Waals surface area contributed by atoms with Crippen LogP contribution < -0.4 is 18.9 Å². The van der Waals surface area contributed by atoms with Gasteiger partial charge in [0.15, 0.2) is 17.7 Å². The van der Waals surface area contributed by atoms with Gasteiger partial charge in [0.1, 0.15) is 5.75 Å². The normalized spacial score (nSPS) is 15.7. The minimum Gasteiger partial charge on any atom is -0.497 e. The minimum absolute atomic E-state index is 0.219. The number of methoxy groups -OCH3 is 4. The molecule has 1 heterocycles. The van der Waals surface area contributed by atoms with E-state index in [0.717, 1.165) is 23.3 Å². The zero-order chi connectivity index (χ0) is 18.7.